The Morgan fingerprint density at radius 3 is 1.49 bits per heavy atom. The summed E-state index contributed by atoms with van der Waals surface area (Å²) in [6, 6.07) is 72.9. The predicted molar refractivity (Wildman–Crippen MR) is 247 cm³/mol. The molecule has 0 spiro atoms. The first-order valence-electron chi connectivity index (χ1n) is 20.5. The highest BCUT2D eigenvalue weighted by atomic mass is 15.0. The third-order valence-electron chi connectivity index (χ3n) is 12.7. The maximum Gasteiger partial charge on any atom is 0.0788 e. The Labute approximate surface area is 343 Å². The smallest absolute Gasteiger partial charge is 0.0788 e. The van der Waals surface area contributed by atoms with Gasteiger partial charge < -0.3 is 9.13 Å². The van der Waals surface area contributed by atoms with Crippen LogP contribution in [-0.4, -0.2) is 14.1 Å². The van der Waals surface area contributed by atoms with Gasteiger partial charge in [-0.25, -0.2) is 4.98 Å². The predicted octanol–water partition coefficient (Wildman–Crippen LogP) is 14.6. The zero-order valence-corrected chi connectivity index (χ0v) is 32.9. The minimum absolute atomic E-state index is 0.112. The Bertz CT molecular complexity index is 3400. The highest BCUT2D eigenvalue weighted by Gasteiger charge is 2.35. The number of pyridine rings is 1. The average molecular weight is 754 g/mol. The fourth-order valence-corrected chi connectivity index (χ4v) is 9.90. The normalized spacial score (nSPS) is 13.1. The maximum atomic E-state index is 5.18. The number of benzene rings is 8. The topological polar surface area (TPSA) is 22.8 Å². The lowest BCUT2D eigenvalue weighted by Gasteiger charge is -2.22. The van der Waals surface area contributed by atoms with Gasteiger partial charge in [0.1, 0.15) is 0 Å². The molecule has 0 N–H and O–H groups in total. The van der Waals surface area contributed by atoms with Crippen LogP contribution in [0.25, 0.3) is 99.8 Å². The van der Waals surface area contributed by atoms with Gasteiger partial charge in [0.25, 0.3) is 0 Å². The second-order valence-corrected chi connectivity index (χ2v) is 16.4. The average Bonchev–Trinajstić information content (AvgIpc) is 3.90. The van der Waals surface area contributed by atoms with Gasteiger partial charge in [-0.1, -0.05) is 166 Å². The summed E-state index contributed by atoms with van der Waals surface area (Å²) in [7, 11) is 0. The van der Waals surface area contributed by atoms with Crippen LogP contribution in [0.4, 0.5) is 0 Å². The van der Waals surface area contributed by atoms with Gasteiger partial charge >= 0.3 is 0 Å². The summed E-state index contributed by atoms with van der Waals surface area (Å²) in [5.41, 5.74) is 18.7. The molecular formula is C56H39N3. The van der Waals surface area contributed by atoms with E-state index in [1.165, 1.54) is 71.6 Å². The number of nitrogens with zero attached hydrogens (tertiary/aromatic N) is 3. The molecule has 3 nitrogen and oxygen atoms in total. The van der Waals surface area contributed by atoms with Crippen molar-refractivity contribution in [2.24, 2.45) is 0 Å². The van der Waals surface area contributed by atoms with E-state index in [0.29, 0.717) is 0 Å². The Kier molecular flexibility index (Phi) is 7.27. The Morgan fingerprint density at radius 2 is 0.864 bits per heavy atom. The molecule has 1 aliphatic rings. The summed E-state index contributed by atoms with van der Waals surface area (Å²) in [5.74, 6) is 0. The Balaban J connectivity index is 1.13. The van der Waals surface area contributed by atoms with Gasteiger partial charge in [0.05, 0.1) is 33.5 Å². The van der Waals surface area contributed by atoms with Gasteiger partial charge in [0.2, 0.25) is 0 Å². The highest BCUT2D eigenvalue weighted by molar-refractivity contribution is 6.23. The van der Waals surface area contributed by atoms with Crippen molar-refractivity contribution in [1.82, 2.24) is 14.1 Å². The van der Waals surface area contributed by atoms with E-state index in [2.05, 4.69) is 223 Å². The Morgan fingerprint density at radius 1 is 0.356 bits per heavy atom. The molecule has 0 bridgehead atoms. The van der Waals surface area contributed by atoms with Crippen LogP contribution in [0.15, 0.2) is 200 Å². The van der Waals surface area contributed by atoms with E-state index in [4.69, 9.17) is 4.98 Å². The van der Waals surface area contributed by atoms with Gasteiger partial charge in [-0.05, 0) is 81.9 Å². The van der Waals surface area contributed by atoms with Crippen LogP contribution >= 0.6 is 0 Å². The van der Waals surface area contributed by atoms with Gasteiger partial charge in [-0.3, -0.25) is 0 Å². The van der Waals surface area contributed by atoms with E-state index in [9.17, 15) is 0 Å². The number of hydrogen-bond acceptors (Lipinski definition) is 1. The largest absolute Gasteiger partial charge is 0.307 e. The van der Waals surface area contributed by atoms with E-state index in [0.717, 1.165) is 39.3 Å². The molecule has 0 fully saturated rings. The molecule has 12 rings (SSSR count). The summed E-state index contributed by atoms with van der Waals surface area (Å²) >= 11 is 0. The van der Waals surface area contributed by atoms with Gasteiger partial charge in [0, 0.05) is 49.5 Å². The lowest BCUT2D eigenvalue weighted by atomic mass is 9.82. The molecule has 1 aliphatic carbocycles. The zero-order chi connectivity index (χ0) is 39.2. The standard InChI is InChI=1S/C56H39N3/c1-56(2)48-25-12-9-22-42(48)43-29-28-41(35-49(43)56)59-53-27-14-11-24-45(53)47-31-30-46-44-23-10-13-26-52(44)58(54(46)55(47)59)40-21-15-20-38(32-40)39-33-50(36-16-5-3-6-17-36)57-51(34-39)37-18-7-4-8-19-37/h3-35H,1-2H3. The third-order valence-corrected chi connectivity index (χ3v) is 12.7. The van der Waals surface area contributed by atoms with Crippen LogP contribution in [0.2, 0.25) is 0 Å². The molecule has 3 aromatic heterocycles. The van der Waals surface area contributed by atoms with Gasteiger partial charge in [0.15, 0.2) is 0 Å². The summed E-state index contributed by atoms with van der Waals surface area (Å²) in [6.07, 6.45) is 0. The second-order valence-electron chi connectivity index (χ2n) is 16.4. The molecule has 0 atom stereocenters. The first-order chi connectivity index (χ1) is 29.0. The lowest BCUT2D eigenvalue weighted by Crippen LogP contribution is -2.15. The molecule has 11 aromatic rings. The van der Waals surface area contributed by atoms with Crippen molar-refractivity contribution in [2.75, 3.05) is 0 Å². The van der Waals surface area contributed by atoms with Crippen LogP contribution in [0.1, 0.15) is 25.0 Å². The summed E-state index contributed by atoms with van der Waals surface area (Å²) in [5, 5.41) is 4.96. The molecule has 0 saturated carbocycles. The van der Waals surface area contributed by atoms with Crippen molar-refractivity contribution < 1.29 is 0 Å². The first kappa shape index (κ1) is 33.6. The molecular weight excluding hydrogens is 715 g/mol. The molecule has 0 amide bonds. The molecule has 3 heterocycles. The molecule has 278 valence electrons. The second kappa shape index (κ2) is 12.8. The molecule has 0 aliphatic heterocycles. The van der Waals surface area contributed by atoms with E-state index in [1.807, 2.05) is 0 Å². The zero-order valence-electron chi connectivity index (χ0n) is 32.9. The summed E-state index contributed by atoms with van der Waals surface area (Å²) in [6.45, 7) is 4.73. The van der Waals surface area contributed by atoms with Crippen LogP contribution in [0.5, 0.6) is 0 Å². The fourth-order valence-electron chi connectivity index (χ4n) is 9.90. The van der Waals surface area contributed by atoms with Crippen molar-refractivity contribution in [3.63, 3.8) is 0 Å². The van der Waals surface area contributed by atoms with E-state index < -0.39 is 0 Å². The number of rotatable bonds is 5. The van der Waals surface area contributed by atoms with Gasteiger partial charge in [-0.15, -0.1) is 0 Å². The van der Waals surface area contributed by atoms with Crippen LogP contribution in [0, 0.1) is 0 Å². The van der Waals surface area contributed by atoms with Crippen LogP contribution in [-0.2, 0) is 5.41 Å². The minimum atomic E-state index is -0.112. The van der Waals surface area contributed by atoms with Crippen LogP contribution < -0.4 is 0 Å². The van der Waals surface area contributed by atoms with Crippen molar-refractivity contribution in [1.29, 1.82) is 0 Å². The quantitative estimate of drug-likeness (QED) is 0.172. The number of fused-ring (bicyclic) bond motifs is 10. The van der Waals surface area contributed by atoms with Crippen molar-refractivity contribution in [2.45, 2.75) is 19.3 Å². The van der Waals surface area contributed by atoms with E-state index in [-0.39, 0.29) is 5.41 Å². The van der Waals surface area contributed by atoms with Crippen LogP contribution in [0.3, 0.4) is 0 Å². The molecule has 0 saturated heterocycles. The number of hydrogen-bond donors (Lipinski definition) is 0. The maximum absolute atomic E-state index is 5.18. The van der Waals surface area contributed by atoms with Crippen molar-refractivity contribution in [3.8, 4) is 56.1 Å². The monoisotopic (exact) mass is 753 g/mol. The molecule has 3 heteroatoms. The highest BCUT2D eigenvalue weighted by Crippen LogP contribution is 2.50. The van der Waals surface area contributed by atoms with E-state index >= 15 is 0 Å². The lowest BCUT2D eigenvalue weighted by molar-refractivity contribution is 0.660. The van der Waals surface area contributed by atoms with Crippen molar-refractivity contribution in [3.05, 3.63) is 211 Å². The molecule has 0 unspecified atom stereocenters. The molecule has 59 heavy (non-hydrogen) atoms. The summed E-state index contributed by atoms with van der Waals surface area (Å²) in [4.78, 5) is 5.18. The van der Waals surface area contributed by atoms with Gasteiger partial charge in [-0.2, -0.15) is 0 Å². The number of aromatic nitrogens is 3. The SMILES string of the molecule is CC1(C)c2ccccc2-c2ccc(-n3c4ccccc4c4ccc5c6ccccc6n(-c6cccc(-c7cc(-c8ccccc8)nc(-c8ccccc8)c7)c6)c5c43)cc21. The Hall–Kier alpha value is -7.49. The molecule has 8 aromatic carbocycles. The third kappa shape index (κ3) is 5.04. The number of para-hydroxylation sites is 2. The molecule has 0 radical (unpaired) electrons. The van der Waals surface area contributed by atoms with Crippen molar-refractivity contribution >= 4 is 43.6 Å². The van der Waals surface area contributed by atoms with E-state index in [1.54, 1.807) is 0 Å². The fraction of sp³-hybridized carbons (Fsp3) is 0.0536. The first-order valence-corrected chi connectivity index (χ1v) is 20.5. The summed E-state index contributed by atoms with van der Waals surface area (Å²) < 4.78 is 5.02. The minimum Gasteiger partial charge on any atom is -0.307 e.